The predicted octanol–water partition coefficient (Wildman–Crippen LogP) is 3.42. The Morgan fingerprint density at radius 3 is 3.10 bits per heavy atom. The molecule has 0 aliphatic rings. The zero-order valence-corrected chi connectivity index (χ0v) is 11.5. The number of hydrogen-bond donors (Lipinski definition) is 0. The normalized spacial score (nSPS) is 10.8. The monoisotopic (exact) mass is 267 g/mol. The third kappa shape index (κ3) is 2.79. The van der Waals surface area contributed by atoms with Crippen LogP contribution in [-0.2, 0) is 13.2 Å². The second kappa shape index (κ2) is 5.74. The van der Waals surface area contributed by atoms with Crippen LogP contribution in [0.25, 0.3) is 10.9 Å². The summed E-state index contributed by atoms with van der Waals surface area (Å²) in [6.45, 7) is 3.60. The van der Waals surface area contributed by atoms with E-state index < -0.39 is 0 Å². The van der Waals surface area contributed by atoms with Crippen LogP contribution in [0.4, 0.5) is 0 Å². The summed E-state index contributed by atoms with van der Waals surface area (Å²) in [5.41, 5.74) is 2.14. The fourth-order valence-electron chi connectivity index (χ4n) is 2.15. The lowest BCUT2D eigenvalue weighted by atomic mass is 10.1. The van der Waals surface area contributed by atoms with Crippen molar-refractivity contribution in [2.75, 3.05) is 0 Å². The van der Waals surface area contributed by atoms with E-state index in [1.165, 1.54) is 0 Å². The number of benzene rings is 1. The maximum Gasteiger partial charge on any atom is 0.157 e. The van der Waals surface area contributed by atoms with Crippen LogP contribution in [0.5, 0.6) is 5.75 Å². The number of aromatic nitrogens is 3. The maximum atomic E-state index is 5.76. The van der Waals surface area contributed by atoms with E-state index in [1.807, 2.05) is 29.1 Å². The van der Waals surface area contributed by atoms with Gasteiger partial charge in [0, 0.05) is 18.1 Å². The molecule has 0 amide bonds. The molecule has 4 nitrogen and oxygen atoms in total. The van der Waals surface area contributed by atoms with Crippen molar-refractivity contribution in [3.63, 3.8) is 0 Å². The molecule has 0 atom stereocenters. The topological polar surface area (TPSA) is 39.9 Å². The van der Waals surface area contributed by atoms with Gasteiger partial charge < -0.3 is 4.74 Å². The Hall–Kier alpha value is -2.36. The van der Waals surface area contributed by atoms with E-state index in [0.717, 1.165) is 35.2 Å². The molecule has 3 aromatic rings. The summed E-state index contributed by atoms with van der Waals surface area (Å²) in [5, 5.41) is 5.38. The van der Waals surface area contributed by atoms with Crippen LogP contribution in [0.1, 0.15) is 18.9 Å². The van der Waals surface area contributed by atoms with Gasteiger partial charge in [0.25, 0.3) is 0 Å². The molecule has 0 saturated carbocycles. The minimum atomic E-state index is 0.544. The van der Waals surface area contributed by atoms with E-state index in [4.69, 9.17) is 4.74 Å². The van der Waals surface area contributed by atoms with Gasteiger partial charge in [-0.2, -0.15) is 5.10 Å². The molecule has 3 rings (SSSR count). The first-order chi connectivity index (χ1) is 9.85. The lowest BCUT2D eigenvalue weighted by Crippen LogP contribution is -1.96. The van der Waals surface area contributed by atoms with E-state index in [1.54, 1.807) is 12.4 Å². The first-order valence-electron chi connectivity index (χ1n) is 6.84. The fourth-order valence-corrected chi connectivity index (χ4v) is 2.15. The number of ether oxygens (including phenoxy) is 1. The van der Waals surface area contributed by atoms with Crippen LogP contribution in [-0.4, -0.2) is 14.8 Å². The van der Waals surface area contributed by atoms with E-state index >= 15 is 0 Å². The quantitative estimate of drug-likeness (QED) is 0.711. The van der Waals surface area contributed by atoms with Crippen LogP contribution in [0.15, 0.2) is 48.9 Å². The standard InChI is InChI=1S/C16H17N3O/c1-2-8-19-11-15(10-18-19)20-12-13-5-6-16-14(9-13)4-3-7-17-16/h3-7,9-11H,2,8,12H2,1H3. The van der Waals surface area contributed by atoms with E-state index in [2.05, 4.69) is 29.1 Å². The second-order valence-corrected chi connectivity index (χ2v) is 4.76. The summed E-state index contributed by atoms with van der Waals surface area (Å²) in [4.78, 5) is 4.31. The van der Waals surface area contributed by atoms with E-state index in [9.17, 15) is 0 Å². The van der Waals surface area contributed by atoms with Crippen LogP contribution < -0.4 is 4.74 Å². The lowest BCUT2D eigenvalue weighted by Gasteiger charge is -2.05. The van der Waals surface area contributed by atoms with Crippen molar-refractivity contribution in [3.8, 4) is 5.75 Å². The first kappa shape index (κ1) is 12.7. The Kier molecular flexibility index (Phi) is 3.63. The van der Waals surface area contributed by atoms with Gasteiger partial charge in [-0.05, 0) is 30.2 Å². The van der Waals surface area contributed by atoms with Gasteiger partial charge in [0.1, 0.15) is 6.61 Å². The zero-order chi connectivity index (χ0) is 13.8. The van der Waals surface area contributed by atoms with Gasteiger partial charge >= 0.3 is 0 Å². The van der Waals surface area contributed by atoms with Crippen LogP contribution in [0.3, 0.4) is 0 Å². The summed E-state index contributed by atoms with van der Waals surface area (Å²) in [5.74, 6) is 0.810. The third-order valence-corrected chi connectivity index (χ3v) is 3.14. The molecular weight excluding hydrogens is 250 g/mol. The Morgan fingerprint density at radius 1 is 1.25 bits per heavy atom. The highest BCUT2D eigenvalue weighted by Gasteiger charge is 2.01. The lowest BCUT2D eigenvalue weighted by molar-refractivity contribution is 0.306. The van der Waals surface area contributed by atoms with Gasteiger partial charge in [-0.15, -0.1) is 0 Å². The van der Waals surface area contributed by atoms with Gasteiger partial charge in [-0.3, -0.25) is 9.67 Å². The number of rotatable bonds is 5. The molecule has 2 aromatic heterocycles. The molecule has 0 aliphatic heterocycles. The van der Waals surface area contributed by atoms with E-state index in [-0.39, 0.29) is 0 Å². The summed E-state index contributed by atoms with van der Waals surface area (Å²) < 4.78 is 7.67. The van der Waals surface area contributed by atoms with Crippen molar-refractivity contribution >= 4 is 10.9 Å². The molecule has 0 N–H and O–H groups in total. The number of aryl methyl sites for hydroxylation is 1. The molecule has 20 heavy (non-hydrogen) atoms. The molecule has 0 spiro atoms. The molecule has 0 aliphatic carbocycles. The minimum absolute atomic E-state index is 0.544. The molecule has 0 fully saturated rings. The summed E-state index contributed by atoms with van der Waals surface area (Å²) in [7, 11) is 0. The average Bonchev–Trinajstić information content (AvgIpc) is 2.93. The van der Waals surface area contributed by atoms with Crippen molar-refractivity contribution in [3.05, 3.63) is 54.5 Å². The molecule has 0 radical (unpaired) electrons. The van der Waals surface area contributed by atoms with Gasteiger partial charge in [0.2, 0.25) is 0 Å². The van der Waals surface area contributed by atoms with E-state index in [0.29, 0.717) is 6.61 Å². The van der Waals surface area contributed by atoms with Gasteiger partial charge in [-0.1, -0.05) is 19.1 Å². The number of pyridine rings is 1. The summed E-state index contributed by atoms with van der Waals surface area (Å²) >= 11 is 0. The van der Waals surface area contributed by atoms with Gasteiger partial charge in [0.05, 0.1) is 17.9 Å². The highest BCUT2D eigenvalue weighted by atomic mass is 16.5. The SMILES string of the molecule is CCCn1cc(OCc2ccc3ncccc3c2)cn1. The average molecular weight is 267 g/mol. The molecular formula is C16H17N3O. The van der Waals surface area contributed by atoms with Crippen molar-refractivity contribution in [2.24, 2.45) is 0 Å². The largest absolute Gasteiger partial charge is 0.486 e. The molecule has 0 unspecified atom stereocenters. The summed E-state index contributed by atoms with van der Waals surface area (Å²) in [6.07, 6.45) is 6.57. The van der Waals surface area contributed by atoms with Crippen molar-refractivity contribution in [1.29, 1.82) is 0 Å². The highest BCUT2D eigenvalue weighted by Crippen LogP contribution is 2.16. The highest BCUT2D eigenvalue weighted by molar-refractivity contribution is 5.78. The van der Waals surface area contributed by atoms with Crippen LogP contribution >= 0.6 is 0 Å². The van der Waals surface area contributed by atoms with Crippen molar-refractivity contribution in [1.82, 2.24) is 14.8 Å². The first-order valence-corrected chi connectivity index (χ1v) is 6.84. The maximum absolute atomic E-state index is 5.76. The summed E-state index contributed by atoms with van der Waals surface area (Å²) in [6, 6.07) is 10.2. The molecule has 0 bridgehead atoms. The predicted molar refractivity (Wildman–Crippen MR) is 78.6 cm³/mol. The van der Waals surface area contributed by atoms with Crippen molar-refractivity contribution in [2.45, 2.75) is 26.5 Å². The van der Waals surface area contributed by atoms with Gasteiger partial charge in [0.15, 0.2) is 5.75 Å². The molecule has 2 heterocycles. The Morgan fingerprint density at radius 2 is 2.20 bits per heavy atom. The molecule has 102 valence electrons. The van der Waals surface area contributed by atoms with Gasteiger partial charge in [-0.25, -0.2) is 0 Å². The number of nitrogens with zero attached hydrogens (tertiary/aromatic N) is 3. The minimum Gasteiger partial charge on any atom is -0.486 e. The third-order valence-electron chi connectivity index (χ3n) is 3.14. The Bertz CT molecular complexity index is 706. The zero-order valence-electron chi connectivity index (χ0n) is 11.5. The molecule has 1 aromatic carbocycles. The Labute approximate surface area is 118 Å². The smallest absolute Gasteiger partial charge is 0.157 e. The van der Waals surface area contributed by atoms with Crippen molar-refractivity contribution < 1.29 is 4.74 Å². The second-order valence-electron chi connectivity index (χ2n) is 4.76. The number of hydrogen-bond acceptors (Lipinski definition) is 3. The molecule has 0 saturated heterocycles. The fraction of sp³-hybridized carbons (Fsp3) is 0.250. The number of fused-ring (bicyclic) bond motifs is 1. The van der Waals surface area contributed by atoms with Crippen LogP contribution in [0.2, 0.25) is 0 Å². The molecule has 4 heteroatoms. The Balaban J connectivity index is 1.69. The van der Waals surface area contributed by atoms with Crippen LogP contribution in [0, 0.1) is 0 Å².